The Morgan fingerprint density at radius 2 is 2.05 bits per heavy atom. The Morgan fingerprint density at radius 3 is 2.67 bits per heavy atom. The summed E-state index contributed by atoms with van der Waals surface area (Å²) >= 11 is 0. The van der Waals surface area contributed by atoms with Gasteiger partial charge >= 0.3 is 0 Å². The Hall–Kier alpha value is -1.77. The minimum Gasteiger partial charge on any atom is -0.271 e. The van der Waals surface area contributed by atoms with E-state index in [1.807, 2.05) is 30.3 Å². The van der Waals surface area contributed by atoms with Gasteiger partial charge in [0.2, 0.25) is 0 Å². The van der Waals surface area contributed by atoms with E-state index in [1.165, 1.54) is 11.1 Å². The molecule has 3 N–H and O–H groups in total. The van der Waals surface area contributed by atoms with Gasteiger partial charge in [-0.2, -0.15) is 15.0 Å². The molecule has 1 heterocycles. The van der Waals surface area contributed by atoms with E-state index in [4.69, 9.17) is 5.84 Å². The quantitative estimate of drug-likeness (QED) is 0.573. The molecule has 0 saturated heterocycles. The van der Waals surface area contributed by atoms with E-state index in [9.17, 15) is 8.42 Å². The molecule has 0 saturated carbocycles. The van der Waals surface area contributed by atoms with E-state index in [2.05, 4.69) is 15.6 Å². The highest BCUT2D eigenvalue weighted by atomic mass is 32.2. The first-order chi connectivity index (χ1) is 9.99. The van der Waals surface area contributed by atoms with Crippen molar-refractivity contribution in [1.29, 1.82) is 0 Å². The highest BCUT2D eigenvalue weighted by molar-refractivity contribution is 7.90. The maximum Gasteiger partial charge on any atom is 0.147 e. The van der Waals surface area contributed by atoms with Gasteiger partial charge in [-0.15, -0.1) is 0 Å². The lowest BCUT2D eigenvalue weighted by molar-refractivity contribution is 0.493. The zero-order valence-corrected chi connectivity index (χ0v) is 12.6. The smallest absolute Gasteiger partial charge is 0.147 e. The second kappa shape index (κ2) is 6.79. The molecule has 0 fully saturated rings. The molecule has 8 heteroatoms. The van der Waals surface area contributed by atoms with Crippen LogP contribution in [0.5, 0.6) is 0 Å². The van der Waals surface area contributed by atoms with Crippen molar-refractivity contribution in [3.63, 3.8) is 0 Å². The number of aromatic nitrogens is 3. The molecule has 7 nitrogen and oxygen atoms in total. The summed E-state index contributed by atoms with van der Waals surface area (Å²) in [5, 5.41) is 8.58. The minimum absolute atomic E-state index is 0.137. The molecule has 1 aromatic heterocycles. The molecule has 2 rings (SSSR count). The highest BCUT2D eigenvalue weighted by Crippen LogP contribution is 2.16. The van der Waals surface area contributed by atoms with Crippen LogP contribution in [0.25, 0.3) is 5.69 Å². The van der Waals surface area contributed by atoms with Crippen molar-refractivity contribution in [1.82, 2.24) is 20.4 Å². The molecular weight excluding hydrogens is 290 g/mol. The van der Waals surface area contributed by atoms with Crippen molar-refractivity contribution in [2.75, 3.05) is 12.0 Å². The molecule has 0 aliphatic heterocycles. The van der Waals surface area contributed by atoms with E-state index in [-0.39, 0.29) is 11.8 Å². The fourth-order valence-corrected chi connectivity index (χ4v) is 2.68. The lowest BCUT2D eigenvalue weighted by atomic mass is 10.1. The molecule has 0 bridgehead atoms. The van der Waals surface area contributed by atoms with E-state index in [0.717, 1.165) is 5.69 Å². The lowest BCUT2D eigenvalue weighted by Gasteiger charge is -2.12. The maximum absolute atomic E-state index is 11.1. The number of rotatable bonds is 7. The Bertz CT molecular complexity index is 669. The average molecular weight is 309 g/mol. The number of nitrogens with zero attached hydrogens (tertiary/aromatic N) is 3. The number of sulfone groups is 1. The molecule has 1 atom stereocenters. The first-order valence-corrected chi connectivity index (χ1v) is 8.67. The summed E-state index contributed by atoms with van der Waals surface area (Å²) in [7, 11) is -2.96. The molecule has 1 aromatic carbocycles. The minimum atomic E-state index is -2.96. The van der Waals surface area contributed by atoms with Crippen molar-refractivity contribution < 1.29 is 8.42 Å². The first kappa shape index (κ1) is 15.6. The van der Waals surface area contributed by atoms with Crippen molar-refractivity contribution >= 4 is 9.84 Å². The maximum atomic E-state index is 11.1. The van der Waals surface area contributed by atoms with Gasteiger partial charge in [-0.3, -0.25) is 11.3 Å². The van der Waals surface area contributed by atoms with Gasteiger partial charge < -0.3 is 0 Å². The molecule has 21 heavy (non-hydrogen) atoms. The zero-order chi connectivity index (χ0) is 15.3. The van der Waals surface area contributed by atoms with Gasteiger partial charge in [0.15, 0.2) is 0 Å². The number of nitrogens with one attached hydrogen (secondary N) is 1. The summed E-state index contributed by atoms with van der Waals surface area (Å²) < 4.78 is 22.3. The highest BCUT2D eigenvalue weighted by Gasteiger charge is 2.15. The van der Waals surface area contributed by atoms with Gasteiger partial charge in [0.1, 0.15) is 15.5 Å². The Morgan fingerprint density at radius 1 is 1.33 bits per heavy atom. The van der Waals surface area contributed by atoms with Crippen LogP contribution in [0.1, 0.15) is 24.6 Å². The second-order valence-electron chi connectivity index (χ2n) is 4.89. The third kappa shape index (κ3) is 4.62. The van der Waals surface area contributed by atoms with Gasteiger partial charge in [0, 0.05) is 12.0 Å². The predicted octanol–water partition coefficient (Wildman–Crippen LogP) is 0.597. The van der Waals surface area contributed by atoms with E-state index >= 15 is 0 Å². The molecule has 0 amide bonds. The fraction of sp³-hybridized carbons (Fsp3) is 0.385. The number of nitrogens with two attached hydrogens (primary N) is 1. The average Bonchev–Trinajstić information content (AvgIpc) is 2.93. The summed E-state index contributed by atoms with van der Waals surface area (Å²) in [6, 6.07) is 9.32. The number of hydrazine groups is 1. The summed E-state index contributed by atoms with van der Waals surface area (Å²) in [6.07, 6.45) is 3.96. The van der Waals surface area contributed by atoms with Crippen molar-refractivity contribution in [2.45, 2.75) is 18.9 Å². The lowest BCUT2D eigenvalue weighted by Crippen LogP contribution is -2.28. The molecule has 0 radical (unpaired) electrons. The Labute approximate surface area is 124 Å². The van der Waals surface area contributed by atoms with Crippen LogP contribution >= 0.6 is 0 Å². The molecule has 0 aliphatic rings. The first-order valence-electron chi connectivity index (χ1n) is 6.61. The van der Waals surface area contributed by atoms with Crippen LogP contribution in [0.3, 0.4) is 0 Å². The van der Waals surface area contributed by atoms with Gasteiger partial charge in [-0.25, -0.2) is 8.42 Å². The number of benzene rings is 1. The molecule has 114 valence electrons. The Balaban J connectivity index is 2.04. The number of hydrogen-bond acceptors (Lipinski definition) is 6. The predicted molar refractivity (Wildman–Crippen MR) is 80.4 cm³/mol. The Kier molecular flexibility index (Phi) is 5.05. The van der Waals surface area contributed by atoms with Gasteiger partial charge in [-0.1, -0.05) is 18.2 Å². The van der Waals surface area contributed by atoms with Crippen LogP contribution in [-0.2, 0) is 9.84 Å². The van der Waals surface area contributed by atoms with Crippen LogP contribution in [0.15, 0.2) is 36.5 Å². The summed E-state index contributed by atoms with van der Waals surface area (Å²) in [4.78, 5) is 1.52. The zero-order valence-electron chi connectivity index (χ0n) is 11.8. The SMILES string of the molecule is CS(=O)(=O)CCCC(NN)c1cnn(-c2ccccc2)n1. The summed E-state index contributed by atoms with van der Waals surface area (Å²) in [5.41, 5.74) is 4.21. The van der Waals surface area contributed by atoms with Crippen LogP contribution in [0.4, 0.5) is 0 Å². The van der Waals surface area contributed by atoms with Crippen LogP contribution in [0.2, 0.25) is 0 Å². The number of hydrogen-bond donors (Lipinski definition) is 2. The summed E-state index contributed by atoms with van der Waals surface area (Å²) in [5.74, 6) is 5.66. The molecule has 1 unspecified atom stereocenters. The van der Waals surface area contributed by atoms with Crippen molar-refractivity contribution in [2.24, 2.45) is 5.84 Å². The van der Waals surface area contributed by atoms with Crippen molar-refractivity contribution in [3.05, 3.63) is 42.2 Å². The van der Waals surface area contributed by atoms with E-state index < -0.39 is 9.84 Å². The third-order valence-electron chi connectivity index (χ3n) is 3.06. The number of para-hydroxylation sites is 1. The molecule has 2 aromatic rings. The molecule has 0 aliphatic carbocycles. The van der Waals surface area contributed by atoms with Crippen LogP contribution in [-0.4, -0.2) is 35.4 Å². The topological polar surface area (TPSA) is 103 Å². The van der Waals surface area contributed by atoms with Crippen molar-refractivity contribution in [3.8, 4) is 5.69 Å². The largest absolute Gasteiger partial charge is 0.271 e. The van der Waals surface area contributed by atoms with Gasteiger partial charge in [-0.05, 0) is 25.0 Å². The van der Waals surface area contributed by atoms with Gasteiger partial charge in [0.25, 0.3) is 0 Å². The van der Waals surface area contributed by atoms with E-state index in [0.29, 0.717) is 18.5 Å². The normalized spacial score (nSPS) is 13.2. The van der Waals surface area contributed by atoms with Crippen LogP contribution < -0.4 is 11.3 Å². The second-order valence-corrected chi connectivity index (χ2v) is 7.15. The monoisotopic (exact) mass is 309 g/mol. The van der Waals surface area contributed by atoms with E-state index in [1.54, 1.807) is 6.20 Å². The van der Waals surface area contributed by atoms with Crippen LogP contribution in [0, 0.1) is 0 Å². The fourth-order valence-electron chi connectivity index (χ4n) is 1.99. The van der Waals surface area contributed by atoms with Gasteiger partial charge in [0.05, 0.1) is 17.9 Å². The summed E-state index contributed by atoms with van der Waals surface area (Å²) in [6.45, 7) is 0. The third-order valence-corrected chi connectivity index (χ3v) is 4.09. The standard InChI is InChI=1S/C13H19N5O2S/c1-21(19,20)9-5-8-12(16-14)13-10-15-18(17-13)11-6-3-2-4-7-11/h2-4,6-7,10,12,16H,5,8-9,14H2,1H3. The molecule has 0 spiro atoms. The molecular formula is C13H19N5O2S.